The lowest BCUT2D eigenvalue weighted by molar-refractivity contribution is -0.384. The first-order chi connectivity index (χ1) is 18.0. The molecule has 8 nitrogen and oxygen atoms in total. The minimum absolute atomic E-state index is 0.0944. The summed E-state index contributed by atoms with van der Waals surface area (Å²) >= 11 is 0. The number of carbonyl (C=O) groups excluding carboxylic acids is 2. The monoisotopic (exact) mass is 487 g/mol. The average Bonchev–Trinajstić information content (AvgIpc) is 2.94. The molecule has 0 aliphatic heterocycles. The van der Waals surface area contributed by atoms with E-state index in [4.69, 9.17) is 14.7 Å². The quantitative estimate of drug-likeness (QED) is 0.0728. The number of nitrogens with zero attached hydrogens (tertiary/aromatic N) is 3. The largest absolute Gasteiger partial charge is 0.454 e. The molecule has 1 aromatic heterocycles. The molecule has 0 unspecified atom stereocenters. The van der Waals surface area contributed by atoms with Gasteiger partial charge < -0.3 is 4.74 Å². The minimum Gasteiger partial charge on any atom is -0.454 e. The number of nitro benzene ring substituents is 1. The summed E-state index contributed by atoms with van der Waals surface area (Å²) in [5, 5.41) is 15.1. The Balaban J connectivity index is 1.35. The maximum atomic E-state index is 12.7. The zero-order valence-corrected chi connectivity index (χ0v) is 19.3. The van der Waals surface area contributed by atoms with Gasteiger partial charge in [0.05, 0.1) is 32.6 Å². The molecule has 0 atom stereocenters. The lowest BCUT2D eigenvalue weighted by Gasteiger charge is -2.10. The molecule has 0 radical (unpaired) electrons. The standard InChI is InChI=1S/C29H17N3O5/c33-26(17-6-5-7-19(14-17)32(35)36)16-37-29(34)18-12-13-24-25(15-18)31-28-23-11-4-2-9-21(23)20-8-1-3-10-22(20)27(28)30-24/h1-15H,16H2. The summed E-state index contributed by atoms with van der Waals surface area (Å²) in [4.78, 5) is 45.2. The summed E-state index contributed by atoms with van der Waals surface area (Å²) in [5.41, 5.74) is 2.75. The molecule has 178 valence electrons. The highest BCUT2D eigenvalue weighted by molar-refractivity contribution is 6.23. The fourth-order valence-corrected chi connectivity index (χ4v) is 4.50. The van der Waals surface area contributed by atoms with Crippen LogP contribution in [0, 0.1) is 10.1 Å². The summed E-state index contributed by atoms with van der Waals surface area (Å²) in [6, 6.07) is 26.2. The van der Waals surface area contributed by atoms with Gasteiger partial charge in [-0.05, 0) is 29.0 Å². The second-order valence-corrected chi connectivity index (χ2v) is 8.52. The van der Waals surface area contributed by atoms with Gasteiger partial charge in [0, 0.05) is 28.5 Å². The maximum Gasteiger partial charge on any atom is 0.338 e. The number of non-ortho nitro benzene ring substituents is 1. The molecule has 0 aliphatic carbocycles. The van der Waals surface area contributed by atoms with Gasteiger partial charge >= 0.3 is 5.97 Å². The number of esters is 1. The first kappa shape index (κ1) is 22.2. The molecule has 0 aliphatic rings. The van der Waals surface area contributed by atoms with E-state index in [0.717, 1.165) is 38.6 Å². The second-order valence-electron chi connectivity index (χ2n) is 8.52. The third kappa shape index (κ3) is 3.90. The summed E-state index contributed by atoms with van der Waals surface area (Å²) in [5.74, 6) is -1.24. The van der Waals surface area contributed by atoms with Crippen LogP contribution in [-0.4, -0.2) is 33.3 Å². The van der Waals surface area contributed by atoms with Gasteiger partial charge in [-0.3, -0.25) is 14.9 Å². The summed E-state index contributed by atoms with van der Waals surface area (Å²) < 4.78 is 5.20. The van der Waals surface area contributed by atoms with Crippen molar-refractivity contribution in [2.75, 3.05) is 6.61 Å². The first-order valence-electron chi connectivity index (χ1n) is 11.5. The van der Waals surface area contributed by atoms with E-state index in [2.05, 4.69) is 12.1 Å². The number of benzene rings is 5. The highest BCUT2D eigenvalue weighted by Crippen LogP contribution is 2.34. The van der Waals surface area contributed by atoms with Gasteiger partial charge in [-0.1, -0.05) is 60.7 Å². The fourth-order valence-electron chi connectivity index (χ4n) is 4.50. The molecule has 0 saturated carbocycles. The number of Topliss-reactive ketones (excluding diaryl/α,β-unsaturated/α-hetero) is 1. The summed E-state index contributed by atoms with van der Waals surface area (Å²) in [6.07, 6.45) is 0. The lowest BCUT2D eigenvalue weighted by atomic mass is 9.99. The Bertz CT molecular complexity index is 1920. The van der Waals surface area contributed by atoms with Crippen molar-refractivity contribution in [3.05, 3.63) is 112 Å². The summed E-state index contributed by atoms with van der Waals surface area (Å²) in [7, 11) is 0. The Morgan fingerprint density at radius 3 is 1.97 bits per heavy atom. The minimum atomic E-state index is -0.703. The molecule has 0 saturated heterocycles. The van der Waals surface area contributed by atoms with Crippen LogP contribution >= 0.6 is 0 Å². The van der Waals surface area contributed by atoms with Crippen molar-refractivity contribution in [1.82, 2.24) is 9.97 Å². The van der Waals surface area contributed by atoms with Crippen molar-refractivity contribution in [3.63, 3.8) is 0 Å². The van der Waals surface area contributed by atoms with E-state index in [0.29, 0.717) is 11.0 Å². The molecule has 37 heavy (non-hydrogen) atoms. The van der Waals surface area contributed by atoms with Gasteiger partial charge in [0.2, 0.25) is 5.78 Å². The van der Waals surface area contributed by atoms with Gasteiger partial charge in [0.1, 0.15) is 0 Å². The zero-order valence-electron chi connectivity index (χ0n) is 19.3. The predicted molar refractivity (Wildman–Crippen MR) is 140 cm³/mol. The van der Waals surface area contributed by atoms with Crippen molar-refractivity contribution in [2.45, 2.75) is 0 Å². The Morgan fingerprint density at radius 2 is 1.32 bits per heavy atom. The highest BCUT2D eigenvalue weighted by atomic mass is 16.6. The van der Waals surface area contributed by atoms with Gasteiger partial charge in [-0.15, -0.1) is 0 Å². The van der Waals surface area contributed by atoms with Crippen LogP contribution in [0.15, 0.2) is 91.0 Å². The molecule has 1 heterocycles. The van der Waals surface area contributed by atoms with Crippen molar-refractivity contribution < 1.29 is 19.2 Å². The number of hydrogen-bond acceptors (Lipinski definition) is 7. The number of ether oxygens (including phenoxy) is 1. The van der Waals surface area contributed by atoms with E-state index in [1.807, 2.05) is 36.4 Å². The number of hydrogen-bond donors (Lipinski definition) is 0. The zero-order chi connectivity index (χ0) is 25.5. The number of nitro groups is 1. The van der Waals surface area contributed by atoms with Crippen molar-refractivity contribution in [2.24, 2.45) is 0 Å². The Labute approximate surface area is 209 Å². The molecule has 0 bridgehead atoms. The number of ketones is 1. The molecule has 8 heteroatoms. The van der Waals surface area contributed by atoms with Crippen LogP contribution < -0.4 is 0 Å². The van der Waals surface area contributed by atoms with Crippen LogP contribution in [-0.2, 0) is 4.74 Å². The maximum absolute atomic E-state index is 12.7. The van der Waals surface area contributed by atoms with E-state index in [1.165, 1.54) is 18.2 Å². The molecule has 6 aromatic rings. The smallest absolute Gasteiger partial charge is 0.338 e. The molecule has 0 spiro atoms. The molecule has 0 fully saturated rings. The molecule has 5 aromatic carbocycles. The topological polar surface area (TPSA) is 112 Å². The fraction of sp³-hybridized carbons (Fsp3) is 0.0345. The van der Waals surface area contributed by atoms with Crippen molar-refractivity contribution in [3.8, 4) is 0 Å². The molecular formula is C29H17N3O5. The third-order valence-electron chi connectivity index (χ3n) is 6.27. The Hall–Kier alpha value is -5.24. The van der Waals surface area contributed by atoms with Crippen LogP contribution in [0.2, 0.25) is 0 Å². The third-order valence-corrected chi connectivity index (χ3v) is 6.27. The molecule has 6 rings (SSSR count). The average molecular weight is 487 g/mol. The summed E-state index contributed by atoms with van der Waals surface area (Å²) in [6.45, 7) is -0.544. The predicted octanol–water partition coefficient (Wildman–Crippen LogP) is 6.04. The van der Waals surface area contributed by atoms with E-state index in [9.17, 15) is 19.7 Å². The van der Waals surface area contributed by atoms with E-state index in [-0.39, 0.29) is 16.8 Å². The SMILES string of the molecule is O=C(COC(=O)c1ccc2nc3c4ccccc4c4ccccc4c3nc2c1)c1cccc([N+](=O)[O-])c1. The van der Waals surface area contributed by atoms with Crippen molar-refractivity contribution in [1.29, 1.82) is 0 Å². The molecular weight excluding hydrogens is 470 g/mol. The number of aromatic nitrogens is 2. The Kier molecular flexibility index (Phi) is 5.27. The first-order valence-corrected chi connectivity index (χ1v) is 11.5. The van der Waals surface area contributed by atoms with Crippen LogP contribution in [0.25, 0.3) is 43.6 Å². The second kappa shape index (κ2) is 8.76. The van der Waals surface area contributed by atoms with Crippen molar-refractivity contribution >= 4 is 61.1 Å². The highest BCUT2D eigenvalue weighted by Gasteiger charge is 2.17. The number of carbonyl (C=O) groups is 2. The van der Waals surface area contributed by atoms with E-state index in [1.54, 1.807) is 18.2 Å². The van der Waals surface area contributed by atoms with Gasteiger partial charge in [-0.25, -0.2) is 14.8 Å². The normalized spacial score (nSPS) is 11.2. The van der Waals surface area contributed by atoms with Crippen LogP contribution in [0.4, 0.5) is 5.69 Å². The van der Waals surface area contributed by atoms with Crippen LogP contribution in [0.5, 0.6) is 0 Å². The van der Waals surface area contributed by atoms with E-state index < -0.39 is 23.3 Å². The number of fused-ring (bicyclic) bond motifs is 7. The van der Waals surface area contributed by atoms with E-state index >= 15 is 0 Å². The van der Waals surface area contributed by atoms with Gasteiger partial charge in [-0.2, -0.15) is 0 Å². The van der Waals surface area contributed by atoms with Crippen LogP contribution in [0.1, 0.15) is 20.7 Å². The van der Waals surface area contributed by atoms with Gasteiger partial charge in [0.25, 0.3) is 5.69 Å². The van der Waals surface area contributed by atoms with Crippen LogP contribution in [0.3, 0.4) is 0 Å². The lowest BCUT2D eigenvalue weighted by Crippen LogP contribution is -2.14. The van der Waals surface area contributed by atoms with Gasteiger partial charge in [0.15, 0.2) is 6.61 Å². The molecule has 0 amide bonds. The Morgan fingerprint density at radius 1 is 0.703 bits per heavy atom. The number of rotatable bonds is 5. The molecule has 0 N–H and O–H groups in total.